The predicted octanol–water partition coefficient (Wildman–Crippen LogP) is 1.58. The summed E-state index contributed by atoms with van der Waals surface area (Å²) in [6, 6.07) is 8.39. The number of benzene rings is 1. The first-order valence-corrected chi connectivity index (χ1v) is 7.31. The largest absolute Gasteiger partial charge is 0.356 e. The normalized spacial score (nSPS) is 18.4. The van der Waals surface area contributed by atoms with Gasteiger partial charge in [-0.15, -0.1) is 0 Å². The quantitative estimate of drug-likeness (QED) is 0.856. The Morgan fingerprint density at radius 1 is 1.30 bits per heavy atom. The summed E-state index contributed by atoms with van der Waals surface area (Å²) in [7, 11) is 0. The van der Waals surface area contributed by atoms with Crippen LogP contribution in [0.2, 0.25) is 0 Å². The van der Waals surface area contributed by atoms with E-state index in [0.29, 0.717) is 19.4 Å². The molecule has 2 rings (SSSR count). The smallest absolute Gasteiger partial charge is 0.222 e. The molecule has 1 atom stereocenters. The van der Waals surface area contributed by atoms with Crippen molar-refractivity contribution in [1.82, 2.24) is 10.6 Å². The highest BCUT2D eigenvalue weighted by atomic mass is 16.2. The third-order valence-corrected chi connectivity index (χ3v) is 3.68. The van der Waals surface area contributed by atoms with Gasteiger partial charge in [0.25, 0.3) is 0 Å². The van der Waals surface area contributed by atoms with Crippen molar-refractivity contribution < 1.29 is 9.59 Å². The number of nitrogens with one attached hydrogen (secondary N) is 2. The number of piperidine rings is 1. The number of amides is 2. The number of rotatable bonds is 5. The summed E-state index contributed by atoms with van der Waals surface area (Å²) < 4.78 is 0. The molecule has 2 N–H and O–H groups in total. The zero-order valence-electron chi connectivity index (χ0n) is 11.9. The summed E-state index contributed by atoms with van der Waals surface area (Å²) in [5, 5.41) is 5.71. The Labute approximate surface area is 119 Å². The van der Waals surface area contributed by atoms with Gasteiger partial charge in [-0.3, -0.25) is 9.59 Å². The highest BCUT2D eigenvalue weighted by Gasteiger charge is 2.20. The number of carbonyl (C=O) groups excluding carboxylic acids is 2. The van der Waals surface area contributed by atoms with Crippen LogP contribution in [0.15, 0.2) is 24.3 Å². The molecular weight excluding hydrogens is 252 g/mol. The summed E-state index contributed by atoms with van der Waals surface area (Å²) in [5.41, 5.74) is 2.49. The molecule has 108 valence electrons. The lowest BCUT2D eigenvalue weighted by Gasteiger charge is -2.23. The number of hydrogen-bond donors (Lipinski definition) is 2. The molecule has 0 bridgehead atoms. The van der Waals surface area contributed by atoms with Gasteiger partial charge < -0.3 is 10.6 Å². The van der Waals surface area contributed by atoms with Crippen LogP contribution < -0.4 is 10.6 Å². The molecule has 2 amide bonds. The molecule has 20 heavy (non-hydrogen) atoms. The molecule has 4 nitrogen and oxygen atoms in total. The van der Waals surface area contributed by atoms with Crippen LogP contribution in [0.4, 0.5) is 0 Å². The van der Waals surface area contributed by atoms with E-state index in [1.54, 1.807) is 0 Å². The lowest BCUT2D eigenvalue weighted by atomic mass is 10.0. The van der Waals surface area contributed by atoms with Crippen molar-refractivity contribution in [3.63, 3.8) is 0 Å². The summed E-state index contributed by atoms with van der Waals surface area (Å²) >= 11 is 0. The first-order valence-electron chi connectivity index (χ1n) is 7.31. The average Bonchev–Trinajstić information content (AvgIpc) is 2.46. The lowest BCUT2D eigenvalue weighted by Crippen LogP contribution is -2.45. The maximum Gasteiger partial charge on any atom is 0.222 e. The molecule has 1 unspecified atom stereocenters. The second kappa shape index (κ2) is 7.08. The maximum atomic E-state index is 11.9. The summed E-state index contributed by atoms with van der Waals surface area (Å²) in [4.78, 5) is 23.1. The molecule has 1 saturated heterocycles. The fourth-order valence-corrected chi connectivity index (χ4v) is 2.41. The minimum absolute atomic E-state index is 0.00119. The Kier molecular flexibility index (Phi) is 5.16. The molecular formula is C16H22N2O2. The zero-order valence-corrected chi connectivity index (χ0v) is 11.9. The molecule has 0 aliphatic carbocycles. The third-order valence-electron chi connectivity index (χ3n) is 3.68. The maximum absolute atomic E-state index is 11.9. The van der Waals surface area contributed by atoms with Crippen molar-refractivity contribution in [2.45, 2.75) is 45.1 Å². The van der Waals surface area contributed by atoms with Crippen molar-refractivity contribution >= 4 is 11.8 Å². The van der Waals surface area contributed by atoms with Crippen LogP contribution >= 0.6 is 0 Å². The first-order chi connectivity index (χ1) is 9.67. The van der Waals surface area contributed by atoms with E-state index in [2.05, 4.69) is 41.8 Å². The number of aryl methyl sites for hydroxylation is 2. The van der Waals surface area contributed by atoms with Gasteiger partial charge in [0.2, 0.25) is 11.8 Å². The van der Waals surface area contributed by atoms with Gasteiger partial charge in [-0.25, -0.2) is 0 Å². The van der Waals surface area contributed by atoms with E-state index >= 15 is 0 Å². The van der Waals surface area contributed by atoms with Crippen LogP contribution in [0.1, 0.15) is 37.3 Å². The van der Waals surface area contributed by atoms with Crippen LogP contribution in [-0.4, -0.2) is 24.4 Å². The molecule has 0 radical (unpaired) electrons. The fourth-order valence-electron chi connectivity index (χ4n) is 2.41. The first kappa shape index (κ1) is 14.6. The van der Waals surface area contributed by atoms with Gasteiger partial charge in [0, 0.05) is 25.4 Å². The van der Waals surface area contributed by atoms with E-state index in [1.165, 1.54) is 11.1 Å². The van der Waals surface area contributed by atoms with Crippen LogP contribution in [0, 0.1) is 0 Å². The van der Waals surface area contributed by atoms with Crippen LogP contribution in [-0.2, 0) is 22.4 Å². The van der Waals surface area contributed by atoms with Gasteiger partial charge in [0.15, 0.2) is 0 Å². The molecule has 0 aromatic heterocycles. The molecule has 4 heteroatoms. The van der Waals surface area contributed by atoms with Gasteiger partial charge >= 0.3 is 0 Å². The van der Waals surface area contributed by atoms with Gasteiger partial charge in [0.1, 0.15) is 0 Å². The van der Waals surface area contributed by atoms with Crippen molar-refractivity contribution in [3.05, 3.63) is 35.4 Å². The molecule has 0 saturated carbocycles. The predicted molar refractivity (Wildman–Crippen MR) is 78.3 cm³/mol. The Balaban J connectivity index is 1.75. The van der Waals surface area contributed by atoms with Crippen molar-refractivity contribution in [1.29, 1.82) is 0 Å². The van der Waals surface area contributed by atoms with Crippen LogP contribution in [0.25, 0.3) is 0 Å². The summed E-state index contributed by atoms with van der Waals surface area (Å²) in [5.74, 6) is 0.0565. The van der Waals surface area contributed by atoms with Crippen molar-refractivity contribution in [2.75, 3.05) is 6.54 Å². The Bertz CT molecular complexity index is 468. The standard InChI is InChI=1S/C16H22N2O2/c1-2-12-3-5-13(6-4-12)7-8-15(19)18-14-9-10-17-16(20)11-14/h3-6,14H,2,7-11H2,1H3,(H,17,20)(H,18,19). The van der Waals surface area contributed by atoms with E-state index < -0.39 is 0 Å². The Morgan fingerprint density at radius 2 is 2.00 bits per heavy atom. The molecule has 1 aliphatic heterocycles. The van der Waals surface area contributed by atoms with Gasteiger partial charge in [-0.05, 0) is 30.4 Å². The third kappa shape index (κ3) is 4.37. The van der Waals surface area contributed by atoms with Gasteiger partial charge in [-0.2, -0.15) is 0 Å². The van der Waals surface area contributed by atoms with Crippen molar-refractivity contribution in [2.24, 2.45) is 0 Å². The molecule has 1 fully saturated rings. The second-order valence-corrected chi connectivity index (χ2v) is 5.28. The van der Waals surface area contributed by atoms with E-state index in [-0.39, 0.29) is 17.9 Å². The minimum atomic E-state index is -0.00119. The zero-order chi connectivity index (χ0) is 14.4. The van der Waals surface area contributed by atoms with E-state index in [1.807, 2.05) is 0 Å². The SMILES string of the molecule is CCc1ccc(CCC(=O)NC2CCNC(=O)C2)cc1. The van der Waals surface area contributed by atoms with E-state index in [9.17, 15) is 9.59 Å². The molecule has 1 aromatic rings. The minimum Gasteiger partial charge on any atom is -0.356 e. The van der Waals surface area contributed by atoms with Crippen LogP contribution in [0.5, 0.6) is 0 Å². The summed E-state index contributed by atoms with van der Waals surface area (Å²) in [6.07, 6.45) is 3.47. The fraction of sp³-hybridized carbons (Fsp3) is 0.500. The number of carbonyl (C=O) groups is 2. The molecule has 0 spiro atoms. The van der Waals surface area contributed by atoms with Gasteiger partial charge in [0.05, 0.1) is 0 Å². The van der Waals surface area contributed by atoms with E-state index in [4.69, 9.17) is 0 Å². The second-order valence-electron chi connectivity index (χ2n) is 5.28. The van der Waals surface area contributed by atoms with Gasteiger partial charge in [-0.1, -0.05) is 31.2 Å². The molecule has 1 aliphatic rings. The topological polar surface area (TPSA) is 58.2 Å². The Hall–Kier alpha value is -1.84. The molecule has 1 aromatic carbocycles. The van der Waals surface area contributed by atoms with E-state index in [0.717, 1.165) is 19.3 Å². The average molecular weight is 274 g/mol. The Morgan fingerprint density at radius 3 is 2.65 bits per heavy atom. The lowest BCUT2D eigenvalue weighted by molar-refractivity contribution is -0.124. The highest BCUT2D eigenvalue weighted by Crippen LogP contribution is 2.08. The number of hydrogen-bond acceptors (Lipinski definition) is 2. The highest BCUT2D eigenvalue weighted by molar-refractivity contribution is 5.80. The summed E-state index contributed by atoms with van der Waals surface area (Å²) in [6.45, 7) is 2.78. The van der Waals surface area contributed by atoms with Crippen molar-refractivity contribution in [3.8, 4) is 0 Å². The van der Waals surface area contributed by atoms with Crippen LogP contribution in [0.3, 0.4) is 0 Å². The monoisotopic (exact) mass is 274 g/mol. The molecule has 1 heterocycles.